The molecule has 1 aromatic carbocycles. The third kappa shape index (κ3) is 5.80. The summed E-state index contributed by atoms with van der Waals surface area (Å²) in [5.41, 5.74) is 4.92. The van der Waals surface area contributed by atoms with Crippen LogP contribution in [-0.4, -0.2) is 33.9 Å². The molecule has 0 unspecified atom stereocenters. The molecule has 3 heterocycles. The molecule has 0 bridgehead atoms. The van der Waals surface area contributed by atoms with E-state index >= 15 is 0 Å². The van der Waals surface area contributed by atoms with Crippen LogP contribution in [0.4, 0.5) is 0 Å². The molecule has 35 heavy (non-hydrogen) atoms. The number of nitrogens with one attached hydrogen (secondary N) is 1. The maximum Gasteiger partial charge on any atom is 0.211 e. The summed E-state index contributed by atoms with van der Waals surface area (Å²) in [7, 11) is -1.48. The number of pyridine rings is 2. The Balaban J connectivity index is 1.62. The number of sulfonamides is 1. The zero-order valence-electron chi connectivity index (χ0n) is 20.0. The first kappa shape index (κ1) is 25.1. The molecule has 0 saturated heterocycles. The van der Waals surface area contributed by atoms with Crippen LogP contribution in [0.1, 0.15) is 36.6 Å². The van der Waals surface area contributed by atoms with Gasteiger partial charge in [0.1, 0.15) is 17.9 Å². The van der Waals surface area contributed by atoms with Gasteiger partial charge in [0.05, 0.1) is 16.5 Å². The lowest BCUT2D eigenvalue weighted by molar-refractivity contribution is 0.308. The van der Waals surface area contributed by atoms with E-state index in [2.05, 4.69) is 14.8 Å². The number of hydrogen-bond donors (Lipinski definition) is 1. The minimum absolute atomic E-state index is 0.0867. The average Bonchev–Trinajstić information content (AvgIpc) is 3.26. The Morgan fingerprint density at radius 1 is 1.20 bits per heavy atom. The van der Waals surface area contributed by atoms with Crippen LogP contribution < -0.4 is 9.46 Å². The molecule has 4 aromatic rings. The first-order valence-corrected chi connectivity index (χ1v) is 13.4. The summed E-state index contributed by atoms with van der Waals surface area (Å²) in [6.45, 7) is 4.13. The Bertz CT molecular complexity index is 1450. The lowest BCUT2D eigenvalue weighted by Crippen LogP contribution is -2.26. The van der Waals surface area contributed by atoms with Gasteiger partial charge in [0, 0.05) is 54.4 Å². The molecule has 0 aliphatic rings. The van der Waals surface area contributed by atoms with Gasteiger partial charge < -0.3 is 4.74 Å². The number of halogens is 1. The Labute approximate surface area is 210 Å². The first-order chi connectivity index (χ1) is 16.8. The number of nitrogens with zero attached hydrogens (tertiary/aromatic N) is 4. The van der Waals surface area contributed by atoms with Crippen molar-refractivity contribution in [3.05, 3.63) is 70.8 Å². The minimum atomic E-state index is -3.38. The normalized spacial score (nSPS) is 11.8. The number of aryl methyl sites for hydroxylation is 2. The molecule has 0 aliphatic carbocycles. The topological polar surface area (TPSA) is 99.0 Å². The molecule has 0 amide bonds. The zero-order chi connectivity index (χ0) is 25.0. The van der Waals surface area contributed by atoms with E-state index in [1.165, 1.54) is 6.20 Å². The number of aromatic nitrogens is 4. The largest absolute Gasteiger partial charge is 0.487 e. The fraction of sp³-hybridized carbons (Fsp3) is 0.320. The quantitative estimate of drug-likeness (QED) is 0.327. The molecule has 1 N–H and O–H groups in total. The SMILES string of the molecule is CCCCS(=O)(=O)NCc1cncc(Cl)c1COc1cccc2c(-c3ccnn3C)cc(C)nc12. The smallest absolute Gasteiger partial charge is 0.211 e. The molecule has 4 rings (SSSR count). The third-order valence-corrected chi connectivity index (χ3v) is 7.48. The monoisotopic (exact) mass is 513 g/mol. The van der Waals surface area contributed by atoms with Crippen molar-refractivity contribution in [3.8, 4) is 17.0 Å². The van der Waals surface area contributed by atoms with Gasteiger partial charge in [-0.05, 0) is 37.1 Å². The number of fused-ring (bicyclic) bond motifs is 1. The van der Waals surface area contributed by atoms with Crippen molar-refractivity contribution in [2.24, 2.45) is 7.05 Å². The van der Waals surface area contributed by atoms with Crippen LogP contribution in [0.3, 0.4) is 0 Å². The van der Waals surface area contributed by atoms with Crippen molar-refractivity contribution in [3.63, 3.8) is 0 Å². The molecule has 10 heteroatoms. The molecule has 8 nitrogen and oxygen atoms in total. The molecule has 184 valence electrons. The van der Waals surface area contributed by atoms with Crippen LogP contribution >= 0.6 is 11.6 Å². The summed E-state index contributed by atoms with van der Waals surface area (Å²) in [4.78, 5) is 8.87. The van der Waals surface area contributed by atoms with Crippen LogP contribution in [0.5, 0.6) is 5.75 Å². The van der Waals surface area contributed by atoms with Crippen molar-refractivity contribution < 1.29 is 13.2 Å². The van der Waals surface area contributed by atoms with Crippen molar-refractivity contribution in [1.29, 1.82) is 0 Å². The van der Waals surface area contributed by atoms with Gasteiger partial charge in [0.15, 0.2) is 0 Å². The third-order valence-electron chi connectivity index (χ3n) is 5.74. The van der Waals surface area contributed by atoms with Crippen LogP contribution in [0.2, 0.25) is 5.02 Å². The number of benzene rings is 1. The number of para-hydroxylation sites is 1. The van der Waals surface area contributed by atoms with E-state index in [1.54, 1.807) is 12.4 Å². The highest BCUT2D eigenvalue weighted by Gasteiger charge is 2.16. The van der Waals surface area contributed by atoms with Gasteiger partial charge in [0.25, 0.3) is 0 Å². The fourth-order valence-corrected chi connectivity index (χ4v) is 5.30. The lowest BCUT2D eigenvalue weighted by atomic mass is 10.0. The maximum atomic E-state index is 12.3. The minimum Gasteiger partial charge on any atom is -0.487 e. The first-order valence-electron chi connectivity index (χ1n) is 11.4. The lowest BCUT2D eigenvalue weighted by Gasteiger charge is -2.15. The highest BCUT2D eigenvalue weighted by atomic mass is 35.5. The van der Waals surface area contributed by atoms with Crippen molar-refractivity contribution in [1.82, 2.24) is 24.5 Å². The van der Waals surface area contributed by atoms with Crippen molar-refractivity contribution in [2.45, 2.75) is 39.8 Å². The van der Waals surface area contributed by atoms with E-state index < -0.39 is 10.0 Å². The summed E-state index contributed by atoms with van der Waals surface area (Å²) >= 11 is 6.44. The Morgan fingerprint density at radius 3 is 2.77 bits per heavy atom. The van der Waals surface area contributed by atoms with Crippen LogP contribution in [0, 0.1) is 6.92 Å². The Morgan fingerprint density at radius 2 is 2.03 bits per heavy atom. The predicted octanol–water partition coefficient (Wildman–Crippen LogP) is 4.79. The second kappa shape index (κ2) is 10.7. The van der Waals surface area contributed by atoms with Crippen molar-refractivity contribution >= 4 is 32.5 Å². The molecule has 0 fully saturated rings. The standard InChI is InChI=1S/C25H28ClN5O3S/c1-4-5-11-35(32,33)29-14-18-13-27-15-22(26)21(18)16-34-24-8-6-7-19-20(12-17(2)30-25(19)24)23-9-10-28-31(23)3/h6-10,12-13,15,29H,4-5,11,14,16H2,1-3H3. The number of hydrogen-bond acceptors (Lipinski definition) is 6. The molecule has 3 aromatic heterocycles. The summed E-state index contributed by atoms with van der Waals surface area (Å²) in [5, 5.41) is 5.65. The molecular formula is C25H28ClN5O3S. The summed E-state index contributed by atoms with van der Waals surface area (Å²) in [5.74, 6) is 0.695. The van der Waals surface area contributed by atoms with Crippen LogP contribution in [-0.2, 0) is 30.2 Å². The molecule has 0 spiro atoms. The van der Waals surface area contributed by atoms with E-state index in [-0.39, 0.29) is 18.9 Å². The van der Waals surface area contributed by atoms with Gasteiger partial charge >= 0.3 is 0 Å². The number of ether oxygens (including phenoxy) is 1. The summed E-state index contributed by atoms with van der Waals surface area (Å²) in [6.07, 6.45) is 6.31. The number of rotatable bonds is 10. The molecular weight excluding hydrogens is 486 g/mol. The Hall–Kier alpha value is -3.01. The van der Waals surface area contributed by atoms with Gasteiger partial charge in [-0.1, -0.05) is 37.1 Å². The van der Waals surface area contributed by atoms with E-state index in [0.29, 0.717) is 28.3 Å². The highest BCUT2D eigenvalue weighted by Crippen LogP contribution is 2.33. The van der Waals surface area contributed by atoms with E-state index in [9.17, 15) is 8.42 Å². The second-order valence-corrected chi connectivity index (χ2v) is 10.7. The van der Waals surface area contributed by atoms with Crippen LogP contribution in [0.25, 0.3) is 22.2 Å². The molecule has 0 aliphatic heterocycles. The van der Waals surface area contributed by atoms with E-state index in [0.717, 1.165) is 34.3 Å². The van der Waals surface area contributed by atoms with E-state index in [4.69, 9.17) is 21.3 Å². The maximum absolute atomic E-state index is 12.3. The molecule has 0 saturated carbocycles. The van der Waals surface area contributed by atoms with Gasteiger partial charge in [-0.3, -0.25) is 9.67 Å². The summed E-state index contributed by atoms with van der Waals surface area (Å²) < 4.78 is 35.2. The average molecular weight is 514 g/mol. The van der Waals surface area contributed by atoms with Gasteiger partial charge in [-0.2, -0.15) is 5.10 Å². The van der Waals surface area contributed by atoms with Crippen molar-refractivity contribution in [2.75, 3.05) is 5.75 Å². The van der Waals surface area contributed by atoms with Crippen LogP contribution in [0.15, 0.2) is 48.9 Å². The Kier molecular flexibility index (Phi) is 7.69. The second-order valence-electron chi connectivity index (χ2n) is 8.34. The van der Waals surface area contributed by atoms with Gasteiger partial charge in [-0.15, -0.1) is 0 Å². The number of unbranched alkanes of at least 4 members (excludes halogenated alkanes) is 1. The zero-order valence-corrected chi connectivity index (χ0v) is 21.5. The molecule has 0 radical (unpaired) electrons. The van der Waals surface area contributed by atoms with Gasteiger partial charge in [-0.25, -0.2) is 18.1 Å². The highest BCUT2D eigenvalue weighted by molar-refractivity contribution is 7.89. The summed E-state index contributed by atoms with van der Waals surface area (Å²) in [6, 6.07) is 9.79. The molecule has 0 atom stereocenters. The fourth-order valence-electron chi connectivity index (χ4n) is 3.88. The van der Waals surface area contributed by atoms with E-state index in [1.807, 2.05) is 55.9 Å². The van der Waals surface area contributed by atoms with Gasteiger partial charge in [0.2, 0.25) is 10.0 Å². The predicted molar refractivity (Wildman–Crippen MR) is 138 cm³/mol.